The van der Waals surface area contributed by atoms with Gasteiger partial charge in [-0.25, -0.2) is 4.39 Å². The molecule has 0 aliphatic carbocycles. The van der Waals surface area contributed by atoms with Crippen LogP contribution >= 0.6 is 0 Å². The zero-order chi connectivity index (χ0) is 12.5. The molecule has 6 heteroatoms. The van der Waals surface area contributed by atoms with Crippen molar-refractivity contribution in [3.05, 3.63) is 47.9 Å². The summed E-state index contributed by atoms with van der Waals surface area (Å²) in [6, 6.07) is 5.30. The average Bonchev–Trinajstić information content (AvgIpc) is 2.29. The Balaban J connectivity index is 2.46. The molecule has 0 aliphatic heterocycles. The summed E-state index contributed by atoms with van der Waals surface area (Å²) in [7, 11) is 0. The van der Waals surface area contributed by atoms with E-state index in [9.17, 15) is 17.6 Å². The lowest BCUT2D eigenvalue weighted by Crippen LogP contribution is -2.05. The van der Waals surface area contributed by atoms with Gasteiger partial charge in [0.25, 0.3) is 0 Å². The van der Waals surface area contributed by atoms with Crippen LogP contribution in [0.15, 0.2) is 36.5 Å². The van der Waals surface area contributed by atoms with Crippen molar-refractivity contribution in [2.75, 3.05) is 0 Å². The fraction of sp³-hybridized carbons (Fsp3) is 0.0909. The molecule has 0 saturated heterocycles. The summed E-state index contributed by atoms with van der Waals surface area (Å²) >= 11 is 0. The van der Waals surface area contributed by atoms with E-state index in [1.165, 1.54) is 18.3 Å². The highest BCUT2D eigenvalue weighted by molar-refractivity contribution is 5.59. The number of halogens is 4. The van der Waals surface area contributed by atoms with Gasteiger partial charge in [-0.2, -0.15) is 23.4 Å². The monoisotopic (exact) mass is 242 g/mol. The molecule has 2 rings (SSSR count). The van der Waals surface area contributed by atoms with Crippen LogP contribution in [0, 0.1) is 5.82 Å². The third-order valence-corrected chi connectivity index (χ3v) is 2.14. The molecule has 0 amide bonds. The molecule has 0 saturated carbocycles. The summed E-state index contributed by atoms with van der Waals surface area (Å²) < 4.78 is 50.4. The first kappa shape index (κ1) is 11.5. The second kappa shape index (κ2) is 4.12. The molecule has 17 heavy (non-hydrogen) atoms. The van der Waals surface area contributed by atoms with E-state index in [0.717, 1.165) is 12.1 Å². The molecular weight excluding hydrogens is 236 g/mol. The van der Waals surface area contributed by atoms with Crippen LogP contribution in [0.3, 0.4) is 0 Å². The van der Waals surface area contributed by atoms with Crippen LogP contribution in [-0.2, 0) is 6.18 Å². The Kier molecular flexibility index (Phi) is 2.79. The molecule has 0 spiro atoms. The van der Waals surface area contributed by atoms with Gasteiger partial charge in [-0.3, -0.25) is 0 Å². The highest BCUT2D eigenvalue weighted by Crippen LogP contribution is 2.32. The van der Waals surface area contributed by atoms with Gasteiger partial charge in [-0.1, -0.05) is 0 Å². The number of aromatic nitrogens is 2. The first-order valence-corrected chi connectivity index (χ1v) is 4.63. The number of hydrogen-bond acceptors (Lipinski definition) is 2. The van der Waals surface area contributed by atoms with Crippen molar-refractivity contribution < 1.29 is 17.6 Å². The van der Waals surface area contributed by atoms with Gasteiger partial charge < -0.3 is 0 Å². The molecule has 1 heterocycles. The summed E-state index contributed by atoms with van der Waals surface area (Å²) in [5.74, 6) is -0.972. The third-order valence-electron chi connectivity index (χ3n) is 2.14. The van der Waals surface area contributed by atoms with Crippen molar-refractivity contribution in [1.29, 1.82) is 0 Å². The van der Waals surface area contributed by atoms with E-state index in [1.807, 2.05) is 0 Å². The van der Waals surface area contributed by atoms with Crippen molar-refractivity contribution in [3.8, 4) is 11.3 Å². The van der Waals surface area contributed by atoms with Crippen LogP contribution in [0.4, 0.5) is 17.6 Å². The van der Waals surface area contributed by atoms with Crippen molar-refractivity contribution >= 4 is 0 Å². The van der Waals surface area contributed by atoms with Crippen LogP contribution in [0.5, 0.6) is 0 Å². The van der Waals surface area contributed by atoms with Gasteiger partial charge in [0, 0.05) is 11.8 Å². The van der Waals surface area contributed by atoms with Crippen LogP contribution in [-0.4, -0.2) is 10.2 Å². The molecule has 0 N–H and O–H groups in total. The van der Waals surface area contributed by atoms with E-state index in [4.69, 9.17) is 0 Å². The Labute approximate surface area is 93.9 Å². The molecular formula is C11H6F4N2. The minimum Gasteiger partial charge on any atom is -0.206 e. The molecule has 0 unspecified atom stereocenters. The van der Waals surface area contributed by atoms with Crippen molar-refractivity contribution in [2.45, 2.75) is 6.18 Å². The average molecular weight is 242 g/mol. The summed E-state index contributed by atoms with van der Waals surface area (Å²) in [5.41, 5.74) is -0.840. The van der Waals surface area contributed by atoms with Crippen LogP contribution in [0.1, 0.15) is 5.56 Å². The van der Waals surface area contributed by atoms with Gasteiger partial charge in [-0.05, 0) is 30.3 Å². The Morgan fingerprint density at radius 3 is 2.35 bits per heavy atom. The molecule has 0 atom stereocenters. The second-order valence-electron chi connectivity index (χ2n) is 3.30. The molecule has 0 fully saturated rings. The third kappa shape index (κ3) is 2.41. The minimum absolute atomic E-state index is 0.00824. The second-order valence-corrected chi connectivity index (χ2v) is 3.30. The SMILES string of the molecule is Fc1cc(C(F)(F)F)ccc1-c1cccnn1. The number of benzene rings is 1. The maximum atomic E-state index is 13.5. The summed E-state index contributed by atoms with van der Waals surface area (Å²) in [6.45, 7) is 0. The lowest BCUT2D eigenvalue weighted by Gasteiger charge is -2.08. The number of rotatable bonds is 1. The maximum Gasteiger partial charge on any atom is 0.416 e. The Bertz CT molecular complexity index is 523. The molecule has 0 radical (unpaired) electrons. The predicted octanol–water partition coefficient (Wildman–Crippen LogP) is 3.30. The lowest BCUT2D eigenvalue weighted by atomic mass is 10.1. The summed E-state index contributed by atoms with van der Waals surface area (Å²) in [6.07, 6.45) is -3.16. The van der Waals surface area contributed by atoms with Crippen molar-refractivity contribution in [1.82, 2.24) is 10.2 Å². The van der Waals surface area contributed by atoms with Crippen LogP contribution in [0.2, 0.25) is 0 Å². The van der Waals surface area contributed by atoms with Crippen LogP contribution in [0.25, 0.3) is 11.3 Å². The number of hydrogen-bond donors (Lipinski definition) is 0. The zero-order valence-corrected chi connectivity index (χ0v) is 8.37. The van der Waals surface area contributed by atoms with Crippen LogP contribution < -0.4 is 0 Å². The first-order chi connectivity index (χ1) is 7.98. The van der Waals surface area contributed by atoms with Crippen molar-refractivity contribution in [2.24, 2.45) is 0 Å². The minimum atomic E-state index is -4.55. The predicted molar refractivity (Wildman–Crippen MR) is 52.4 cm³/mol. The van der Waals surface area contributed by atoms with E-state index in [2.05, 4.69) is 10.2 Å². The van der Waals surface area contributed by atoms with Gasteiger partial charge in [-0.15, -0.1) is 0 Å². The molecule has 1 aromatic carbocycles. The lowest BCUT2D eigenvalue weighted by molar-refractivity contribution is -0.137. The fourth-order valence-corrected chi connectivity index (χ4v) is 1.34. The summed E-state index contributed by atoms with van der Waals surface area (Å²) in [4.78, 5) is 0. The van der Waals surface area contributed by atoms with E-state index < -0.39 is 17.6 Å². The molecule has 88 valence electrons. The molecule has 1 aromatic heterocycles. The Hall–Kier alpha value is -1.98. The highest BCUT2D eigenvalue weighted by Gasteiger charge is 2.31. The van der Waals surface area contributed by atoms with E-state index in [1.54, 1.807) is 0 Å². The smallest absolute Gasteiger partial charge is 0.206 e. The standard InChI is InChI=1S/C11H6F4N2/c12-9-6-7(11(13,14)15)3-4-8(9)10-2-1-5-16-17-10/h1-6H. The highest BCUT2D eigenvalue weighted by atomic mass is 19.4. The van der Waals surface area contributed by atoms with Gasteiger partial charge >= 0.3 is 6.18 Å². The van der Waals surface area contributed by atoms with E-state index in [0.29, 0.717) is 6.07 Å². The Morgan fingerprint density at radius 1 is 1.06 bits per heavy atom. The Morgan fingerprint density at radius 2 is 1.82 bits per heavy atom. The van der Waals surface area contributed by atoms with Gasteiger partial charge in [0.15, 0.2) is 0 Å². The molecule has 0 bridgehead atoms. The van der Waals surface area contributed by atoms with Gasteiger partial charge in [0.1, 0.15) is 5.82 Å². The fourth-order valence-electron chi connectivity index (χ4n) is 1.34. The number of nitrogens with zero attached hydrogens (tertiary/aromatic N) is 2. The molecule has 2 nitrogen and oxygen atoms in total. The van der Waals surface area contributed by atoms with E-state index >= 15 is 0 Å². The number of alkyl halides is 3. The topological polar surface area (TPSA) is 25.8 Å². The van der Waals surface area contributed by atoms with Gasteiger partial charge in [0.05, 0.1) is 11.3 Å². The van der Waals surface area contributed by atoms with Gasteiger partial charge in [0.2, 0.25) is 0 Å². The quantitative estimate of drug-likeness (QED) is 0.717. The zero-order valence-electron chi connectivity index (χ0n) is 8.37. The normalized spacial score (nSPS) is 11.5. The largest absolute Gasteiger partial charge is 0.416 e. The summed E-state index contributed by atoms with van der Waals surface area (Å²) in [5, 5.41) is 7.16. The first-order valence-electron chi connectivity index (χ1n) is 4.63. The molecule has 2 aromatic rings. The maximum absolute atomic E-state index is 13.5. The molecule has 0 aliphatic rings. The van der Waals surface area contributed by atoms with E-state index in [-0.39, 0.29) is 11.3 Å². The van der Waals surface area contributed by atoms with Crippen molar-refractivity contribution in [3.63, 3.8) is 0 Å².